The Balaban J connectivity index is 1.78. The fourth-order valence-corrected chi connectivity index (χ4v) is 5.41. The first-order valence-corrected chi connectivity index (χ1v) is 14.1. The molecule has 0 aliphatic heterocycles. The average molecular weight is 575 g/mol. The maximum atomic E-state index is 13.5. The van der Waals surface area contributed by atoms with E-state index in [0.29, 0.717) is 24.6 Å². The number of anilines is 2. The Hall–Kier alpha value is -3.04. The number of ether oxygens (including phenoxy) is 1. The van der Waals surface area contributed by atoms with Gasteiger partial charge in [0, 0.05) is 29.8 Å². The summed E-state index contributed by atoms with van der Waals surface area (Å²) in [7, 11) is -3.99. The lowest BCUT2D eigenvalue weighted by molar-refractivity contribution is -0.119. The number of halogens is 1. The normalized spacial score (nSPS) is 11.1. The van der Waals surface area contributed by atoms with Crippen LogP contribution in [0.1, 0.15) is 26.3 Å². The molecule has 36 heavy (non-hydrogen) atoms. The highest BCUT2D eigenvalue weighted by atomic mass is 79.9. The number of nitrogens with zero attached hydrogens (tertiary/aromatic N) is 2. The molecular weight excluding hydrogens is 542 g/mol. The molecule has 0 bridgehead atoms. The molecular formula is C27H32BrN3O4S. The van der Waals surface area contributed by atoms with Crippen LogP contribution in [0.15, 0.2) is 82.2 Å². The van der Waals surface area contributed by atoms with Crippen LogP contribution in [-0.2, 0) is 21.4 Å². The Kier molecular flexibility index (Phi) is 9.78. The summed E-state index contributed by atoms with van der Waals surface area (Å²) < 4.78 is 34.4. The number of carbonyl (C=O) groups excluding carboxylic acids is 1. The van der Waals surface area contributed by atoms with Crippen molar-refractivity contribution in [1.29, 1.82) is 0 Å². The van der Waals surface area contributed by atoms with Crippen LogP contribution in [0.5, 0.6) is 5.75 Å². The summed E-state index contributed by atoms with van der Waals surface area (Å²) in [4.78, 5) is 15.2. The second kappa shape index (κ2) is 12.8. The number of amides is 1. The Morgan fingerprint density at radius 2 is 1.44 bits per heavy atom. The third kappa shape index (κ3) is 7.01. The van der Waals surface area contributed by atoms with Gasteiger partial charge in [0.1, 0.15) is 12.3 Å². The Morgan fingerprint density at radius 1 is 0.861 bits per heavy atom. The molecule has 0 aliphatic carbocycles. The molecule has 0 aromatic heterocycles. The number of hydrogen-bond acceptors (Lipinski definition) is 5. The number of nitrogens with one attached hydrogen (secondary N) is 1. The van der Waals surface area contributed by atoms with Crippen molar-refractivity contribution in [2.24, 2.45) is 0 Å². The molecule has 0 saturated heterocycles. The van der Waals surface area contributed by atoms with Crippen LogP contribution in [0.25, 0.3) is 0 Å². The van der Waals surface area contributed by atoms with E-state index in [2.05, 4.69) is 40.0 Å². The molecule has 3 aromatic carbocycles. The van der Waals surface area contributed by atoms with Crippen molar-refractivity contribution < 1.29 is 17.9 Å². The van der Waals surface area contributed by atoms with Crippen LogP contribution in [0.3, 0.4) is 0 Å². The van der Waals surface area contributed by atoms with E-state index in [1.807, 2.05) is 31.2 Å². The fourth-order valence-electron chi connectivity index (χ4n) is 3.72. The Bertz CT molecular complexity index is 1230. The maximum Gasteiger partial charge on any atom is 0.264 e. The van der Waals surface area contributed by atoms with Crippen LogP contribution >= 0.6 is 15.9 Å². The van der Waals surface area contributed by atoms with E-state index in [1.165, 1.54) is 12.1 Å². The number of benzene rings is 3. The molecule has 3 rings (SSSR count). The largest absolute Gasteiger partial charge is 0.494 e. The quantitative estimate of drug-likeness (QED) is 0.322. The smallest absolute Gasteiger partial charge is 0.264 e. The summed E-state index contributed by atoms with van der Waals surface area (Å²) in [6, 6.07) is 21.0. The number of hydrogen-bond donors (Lipinski definition) is 1. The zero-order valence-corrected chi connectivity index (χ0v) is 23.2. The predicted octanol–water partition coefficient (Wildman–Crippen LogP) is 5.21. The van der Waals surface area contributed by atoms with Crippen LogP contribution in [0.2, 0.25) is 0 Å². The molecule has 1 amide bonds. The SMILES string of the molecule is CCOc1ccc(N(CC(=O)NCc2ccc(N(CC)CC)cc2)S(=O)(=O)c2ccc(Br)cc2)cc1. The van der Waals surface area contributed by atoms with Gasteiger partial charge < -0.3 is 15.0 Å². The van der Waals surface area contributed by atoms with Crippen LogP contribution in [-0.4, -0.2) is 40.6 Å². The summed E-state index contributed by atoms with van der Waals surface area (Å²) in [6.45, 7) is 8.36. The highest BCUT2D eigenvalue weighted by Crippen LogP contribution is 2.26. The van der Waals surface area contributed by atoms with Gasteiger partial charge in [-0.3, -0.25) is 9.10 Å². The van der Waals surface area contributed by atoms with E-state index in [-0.39, 0.29) is 11.4 Å². The predicted molar refractivity (Wildman–Crippen MR) is 148 cm³/mol. The zero-order valence-electron chi connectivity index (χ0n) is 20.8. The number of carbonyl (C=O) groups is 1. The lowest BCUT2D eigenvalue weighted by atomic mass is 10.2. The molecule has 0 spiro atoms. The average Bonchev–Trinajstić information content (AvgIpc) is 2.88. The monoisotopic (exact) mass is 573 g/mol. The second-order valence-corrected chi connectivity index (χ2v) is 10.8. The van der Waals surface area contributed by atoms with Gasteiger partial charge in [-0.15, -0.1) is 0 Å². The summed E-state index contributed by atoms with van der Waals surface area (Å²) in [5, 5.41) is 2.85. The highest BCUT2D eigenvalue weighted by molar-refractivity contribution is 9.10. The molecule has 0 fully saturated rings. The molecule has 0 heterocycles. The number of rotatable bonds is 12. The fraction of sp³-hybridized carbons (Fsp3) is 0.296. The first-order chi connectivity index (χ1) is 17.3. The van der Waals surface area contributed by atoms with E-state index in [1.54, 1.807) is 36.4 Å². The molecule has 0 aliphatic rings. The lowest BCUT2D eigenvalue weighted by Gasteiger charge is -2.24. The molecule has 0 atom stereocenters. The van der Waals surface area contributed by atoms with Gasteiger partial charge in [0.15, 0.2) is 0 Å². The van der Waals surface area contributed by atoms with Gasteiger partial charge in [-0.1, -0.05) is 28.1 Å². The van der Waals surface area contributed by atoms with Crippen LogP contribution in [0, 0.1) is 0 Å². The van der Waals surface area contributed by atoms with Crippen molar-refractivity contribution in [2.45, 2.75) is 32.2 Å². The van der Waals surface area contributed by atoms with Crippen molar-refractivity contribution in [3.8, 4) is 5.75 Å². The third-order valence-corrected chi connectivity index (χ3v) is 8.00. The van der Waals surface area contributed by atoms with E-state index in [0.717, 1.165) is 33.1 Å². The molecule has 0 unspecified atom stereocenters. The topological polar surface area (TPSA) is 79.0 Å². The second-order valence-electron chi connectivity index (χ2n) is 8.01. The van der Waals surface area contributed by atoms with Crippen LogP contribution < -0.4 is 19.3 Å². The van der Waals surface area contributed by atoms with E-state index in [4.69, 9.17) is 4.74 Å². The summed E-state index contributed by atoms with van der Waals surface area (Å²) >= 11 is 3.33. The van der Waals surface area contributed by atoms with E-state index in [9.17, 15) is 13.2 Å². The van der Waals surface area contributed by atoms with Crippen LogP contribution in [0.4, 0.5) is 11.4 Å². The minimum Gasteiger partial charge on any atom is -0.494 e. The standard InChI is InChI=1S/C27H32BrN3O4S/c1-4-30(5-2)23-11-7-21(8-12-23)19-29-27(32)20-31(24-13-15-25(16-14-24)35-6-3)36(33,34)26-17-9-22(28)10-18-26/h7-18H,4-6,19-20H2,1-3H3,(H,29,32). The molecule has 1 N–H and O–H groups in total. The molecule has 3 aromatic rings. The van der Waals surface area contributed by atoms with Gasteiger partial charge >= 0.3 is 0 Å². The Morgan fingerprint density at radius 3 is 2.00 bits per heavy atom. The van der Waals surface area contributed by atoms with Gasteiger partial charge in [-0.2, -0.15) is 0 Å². The first kappa shape index (κ1) is 27.5. The van der Waals surface area contributed by atoms with Gasteiger partial charge in [-0.05, 0) is 87.0 Å². The van der Waals surface area contributed by atoms with Gasteiger partial charge in [0.2, 0.25) is 5.91 Å². The Labute approximate surface area is 222 Å². The highest BCUT2D eigenvalue weighted by Gasteiger charge is 2.27. The third-order valence-electron chi connectivity index (χ3n) is 5.68. The van der Waals surface area contributed by atoms with E-state index >= 15 is 0 Å². The van der Waals surface area contributed by atoms with Gasteiger partial charge in [0.25, 0.3) is 10.0 Å². The summed E-state index contributed by atoms with van der Waals surface area (Å²) in [5.74, 6) is 0.220. The lowest BCUT2D eigenvalue weighted by Crippen LogP contribution is -2.40. The minimum atomic E-state index is -3.99. The summed E-state index contributed by atoms with van der Waals surface area (Å²) in [5.41, 5.74) is 2.43. The maximum absolute atomic E-state index is 13.5. The van der Waals surface area contributed by atoms with Crippen molar-refractivity contribution in [3.05, 3.63) is 82.8 Å². The molecule has 7 nitrogen and oxygen atoms in total. The molecule has 192 valence electrons. The zero-order chi connectivity index (χ0) is 26.1. The van der Waals surface area contributed by atoms with Crippen molar-refractivity contribution >= 4 is 43.2 Å². The molecule has 0 saturated carbocycles. The summed E-state index contributed by atoms with van der Waals surface area (Å²) in [6.07, 6.45) is 0. The minimum absolute atomic E-state index is 0.0966. The van der Waals surface area contributed by atoms with Crippen molar-refractivity contribution in [3.63, 3.8) is 0 Å². The van der Waals surface area contributed by atoms with Gasteiger partial charge in [-0.25, -0.2) is 8.42 Å². The van der Waals surface area contributed by atoms with Gasteiger partial charge in [0.05, 0.1) is 17.2 Å². The van der Waals surface area contributed by atoms with Crippen molar-refractivity contribution in [1.82, 2.24) is 5.32 Å². The molecule has 0 radical (unpaired) electrons. The number of sulfonamides is 1. The van der Waals surface area contributed by atoms with E-state index < -0.39 is 15.9 Å². The first-order valence-electron chi connectivity index (χ1n) is 11.9. The van der Waals surface area contributed by atoms with Crippen molar-refractivity contribution in [2.75, 3.05) is 35.4 Å². The molecule has 9 heteroatoms.